The van der Waals surface area contributed by atoms with Gasteiger partial charge in [0.1, 0.15) is 0 Å². The van der Waals surface area contributed by atoms with Crippen molar-refractivity contribution in [3.05, 3.63) is 59.2 Å². The van der Waals surface area contributed by atoms with Gasteiger partial charge in [0.25, 0.3) is 5.91 Å². The molecule has 1 amide bonds. The SMILES string of the molecule is COc1cc(CNCc2ccc(C)cc2)ccc1OCC(N)=O.Cl. The topological polar surface area (TPSA) is 73.6 Å². The van der Waals surface area contributed by atoms with E-state index < -0.39 is 5.91 Å². The first-order valence-corrected chi connectivity index (χ1v) is 7.43. The molecule has 0 aliphatic carbocycles. The van der Waals surface area contributed by atoms with Crippen LogP contribution in [0.2, 0.25) is 0 Å². The average molecular weight is 351 g/mol. The molecule has 3 N–H and O–H groups in total. The molecule has 24 heavy (non-hydrogen) atoms. The number of hydrogen-bond acceptors (Lipinski definition) is 4. The maximum atomic E-state index is 10.8. The third kappa shape index (κ3) is 6.10. The molecule has 0 spiro atoms. The number of hydrogen-bond donors (Lipinski definition) is 2. The van der Waals surface area contributed by atoms with E-state index in [4.69, 9.17) is 15.2 Å². The molecule has 0 atom stereocenters. The maximum absolute atomic E-state index is 10.8. The second-order valence-electron chi connectivity index (χ2n) is 5.33. The molecule has 0 aliphatic heterocycles. The monoisotopic (exact) mass is 350 g/mol. The van der Waals surface area contributed by atoms with Crippen molar-refractivity contribution in [1.29, 1.82) is 0 Å². The third-order valence-electron chi connectivity index (χ3n) is 3.38. The Labute approximate surface area is 148 Å². The molecule has 0 saturated heterocycles. The van der Waals surface area contributed by atoms with Gasteiger partial charge in [0, 0.05) is 13.1 Å². The minimum atomic E-state index is -0.518. The molecular formula is C18H23ClN2O3. The van der Waals surface area contributed by atoms with Crippen LogP contribution in [0.25, 0.3) is 0 Å². The summed E-state index contributed by atoms with van der Waals surface area (Å²) in [5, 5.41) is 3.39. The van der Waals surface area contributed by atoms with Gasteiger partial charge >= 0.3 is 0 Å². The van der Waals surface area contributed by atoms with Crippen molar-refractivity contribution in [2.24, 2.45) is 5.73 Å². The number of carbonyl (C=O) groups excluding carboxylic acids is 1. The quantitative estimate of drug-likeness (QED) is 0.767. The normalized spacial score (nSPS) is 9.92. The van der Waals surface area contributed by atoms with E-state index in [1.165, 1.54) is 11.1 Å². The van der Waals surface area contributed by atoms with Crippen molar-refractivity contribution in [3.8, 4) is 11.5 Å². The summed E-state index contributed by atoms with van der Waals surface area (Å²) >= 11 is 0. The Kier molecular flexibility index (Phi) is 8.09. The van der Waals surface area contributed by atoms with Crippen LogP contribution < -0.4 is 20.5 Å². The molecule has 2 aromatic carbocycles. The summed E-state index contributed by atoms with van der Waals surface area (Å²) in [5.41, 5.74) is 8.64. The first-order chi connectivity index (χ1) is 11.1. The van der Waals surface area contributed by atoms with Gasteiger partial charge in [-0.15, -0.1) is 12.4 Å². The molecule has 0 saturated carbocycles. The molecule has 0 aromatic heterocycles. The number of halogens is 1. The molecule has 0 radical (unpaired) electrons. The predicted molar refractivity (Wildman–Crippen MR) is 96.7 cm³/mol. The number of primary amides is 1. The van der Waals surface area contributed by atoms with E-state index in [9.17, 15) is 4.79 Å². The van der Waals surface area contributed by atoms with Crippen molar-refractivity contribution >= 4 is 18.3 Å². The summed E-state index contributed by atoms with van der Waals surface area (Å²) < 4.78 is 10.6. The van der Waals surface area contributed by atoms with E-state index in [0.717, 1.165) is 12.1 Å². The van der Waals surface area contributed by atoms with Crippen LogP contribution >= 0.6 is 12.4 Å². The minimum absolute atomic E-state index is 0. The lowest BCUT2D eigenvalue weighted by molar-refractivity contribution is -0.119. The lowest BCUT2D eigenvalue weighted by Gasteiger charge is -2.12. The van der Waals surface area contributed by atoms with E-state index in [0.29, 0.717) is 18.0 Å². The molecule has 0 fully saturated rings. The van der Waals surface area contributed by atoms with E-state index in [-0.39, 0.29) is 19.0 Å². The van der Waals surface area contributed by atoms with Gasteiger partial charge in [-0.3, -0.25) is 4.79 Å². The van der Waals surface area contributed by atoms with Gasteiger partial charge in [-0.05, 0) is 30.2 Å². The predicted octanol–water partition coefficient (Wildman–Crippen LogP) is 2.58. The van der Waals surface area contributed by atoms with E-state index in [1.807, 2.05) is 12.1 Å². The van der Waals surface area contributed by atoms with Gasteiger partial charge in [0.05, 0.1) is 7.11 Å². The first-order valence-electron chi connectivity index (χ1n) is 7.43. The average Bonchev–Trinajstić information content (AvgIpc) is 2.55. The molecule has 5 nitrogen and oxygen atoms in total. The van der Waals surface area contributed by atoms with Crippen molar-refractivity contribution in [2.45, 2.75) is 20.0 Å². The lowest BCUT2D eigenvalue weighted by atomic mass is 10.1. The van der Waals surface area contributed by atoms with E-state index in [1.54, 1.807) is 13.2 Å². The number of rotatable bonds is 8. The minimum Gasteiger partial charge on any atom is -0.493 e. The van der Waals surface area contributed by atoms with Crippen molar-refractivity contribution < 1.29 is 14.3 Å². The number of methoxy groups -OCH3 is 1. The molecule has 2 rings (SSSR count). The van der Waals surface area contributed by atoms with Gasteiger partial charge in [-0.2, -0.15) is 0 Å². The Balaban J connectivity index is 0.00000288. The molecule has 2 aromatic rings. The molecular weight excluding hydrogens is 328 g/mol. The molecule has 0 aliphatic rings. The molecule has 6 heteroatoms. The number of nitrogens with two attached hydrogens (primary N) is 1. The first kappa shape index (κ1) is 19.8. The Morgan fingerprint density at radius 3 is 2.29 bits per heavy atom. The van der Waals surface area contributed by atoms with Crippen LogP contribution in [-0.2, 0) is 17.9 Å². The van der Waals surface area contributed by atoms with Crippen molar-refractivity contribution in [1.82, 2.24) is 5.32 Å². The second kappa shape index (κ2) is 9.80. The molecule has 0 heterocycles. The lowest BCUT2D eigenvalue weighted by Crippen LogP contribution is -2.20. The Hall–Kier alpha value is -2.24. The van der Waals surface area contributed by atoms with Gasteiger partial charge < -0.3 is 20.5 Å². The summed E-state index contributed by atoms with van der Waals surface area (Å²) in [6.45, 7) is 3.41. The Morgan fingerprint density at radius 2 is 1.67 bits per heavy atom. The second-order valence-corrected chi connectivity index (χ2v) is 5.33. The highest BCUT2D eigenvalue weighted by Crippen LogP contribution is 2.28. The van der Waals surface area contributed by atoms with Crippen LogP contribution in [0.1, 0.15) is 16.7 Å². The van der Waals surface area contributed by atoms with Gasteiger partial charge in [0.15, 0.2) is 18.1 Å². The largest absolute Gasteiger partial charge is 0.493 e. The highest BCUT2D eigenvalue weighted by molar-refractivity contribution is 5.85. The van der Waals surface area contributed by atoms with E-state index >= 15 is 0 Å². The zero-order valence-corrected chi connectivity index (χ0v) is 14.7. The highest BCUT2D eigenvalue weighted by Gasteiger charge is 2.07. The number of carbonyl (C=O) groups is 1. The van der Waals surface area contributed by atoms with Crippen LogP contribution in [0, 0.1) is 6.92 Å². The van der Waals surface area contributed by atoms with Crippen LogP contribution in [0.3, 0.4) is 0 Å². The fourth-order valence-electron chi connectivity index (χ4n) is 2.15. The maximum Gasteiger partial charge on any atom is 0.255 e. The molecule has 130 valence electrons. The number of nitrogens with one attached hydrogen (secondary N) is 1. The van der Waals surface area contributed by atoms with Gasteiger partial charge in [-0.1, -0.05) is 35.9 Å². The Bertz CT molecular complexity index is 660. The summed E-state index contributed by atoms with van der Waals surface area (Å²) in [7, 11) is 1.57. The van der Waals surface area contributed by atoms with Crippen LogP contribution in [0.5, 0.6) is 11.5 Å². The summed E-state index contributed by atoms with van der Waals surface area (Å²) in [4.78, 5) is 10.8. The summed E-state index contributed by atoms with van der Waals surface area (Å²) in [6, 6.07) is 14.0. The number of amides is 1. The molecule has 0 bridgehead atoms. The third-order valence-corrected chi connectivity index (χ3v) is 3.38. The van der Waals surface area contributed by atoms with Gasteiger partial charge in [-0.25, -0.2) is 0 Å². The zero-order valence-electron chi connectivity index (χ0n) is 13.9. The van der Waals surface area contributed by atoms with Crippen LogP contribution in [0.15, 0.2) is 42.5 Å². The standard InChI is InChI=1S/C18H22N2O3.ClH/c1-13-3-5-14(6-4-13)10-20-11-15-7-8-16(17(9-15)22-2)23-12-18(19)21;/h3-9,20H,10-12H2,1-2H3,(H2,19,21);1H. The smallest absolute Gasteiger partial charge is 0.255 e. The van der Waals surface area contributed by atoms with Gasteiger partial charge in [0.2, 0.25) is 0 Å². The summed E-state index contributed by atoms with van der Waals surface area (Å²) in [5.74, 6) is 0.574. The zero-order chi connectivity index (χ0) is 16.7. The number of benzene rings is 2. The highest BCUT2D eigenvalue weighted by atomic mass is 35.5. The fraction of sp³-hybridized carbons (Fsp3) is 0.278. The Morgan fingerprint density at radius 1 is 1.04 bits per heavy atom. The summed E-state index contributed by atoms with van der Waals surface area (Å²) in [6.07, 6.45) is 0. The van der Waals surface area contributed by atoms with Crippen LogP contribution in [-0.4, -0.2) is 19.6 Å². The fourth-order valence-corrected chi connectivity index (χ4v) is 2.15. The van der Waals surface area contributed by atoms with Crippen LogP contribution in [0.4, 0.5) is 0 Å². The van der Waals surface area contributed by atoms with Crippen molar-refractivity contribution in [2.75, 3.05) is 13.7 Å². The number of aryl methyl sites for hydroxylation is 1. The van der Waals surface area contributed by atoms with Crippen molar-refractivity contribution in [3.63, 3.8) is 0 Å². The number of ether oxygens (including phenoxy) is 2. The molecule has 0 unspecified atom stereocenters. The van der Waals surface area contributed by atoms with E-state index in [2.05, 4.69) is 36.5 Å².